The number of nitrogens with zero attached hydrogens (tertiary/aromatic N) is 2. The highest BCUT2D eigenvalue weighted by molar-refractivity contribution is 5.29. The van der Waals surface area contributed by atoms with Crippen LogP contribution >= 0.6 is 0 Å². The molecule has 1 aliphatic heterocycles. The minimum Gasteiger partial charge on any atom is -0.376 e. The summed E-state index contributed by atoms with van der Waals surface area (Å²) in [6, 6.07) is 5.48. The van der Waals surface area contributed by atoms with Crippen molar-refractivity contribution in [3.63, 3.8) is 0 Å². The Hall–Kier alpha value is -1.44. The van der Waals surface area contributed by atoms with Gasteiger partial charge < -0.3 is 9.47 Å². The van der Waals surface area contributed by atoms with Gasteiger partial charge in [-0.25, -0.2) is 0 Å². The fourth-order valence-corrected chi connectivity index (χ4v) is 1.35. The second-order valence-electron chi connectivity index (χ2n) is 3.02. The van der Waals surface area contributed by atoms with Gasteiger partial charge >= 0.3 is 0 Å². The van der Waals surface area contributed by atoms with Gasteiger partial charge in [0.05, 0.1) is 37.1 Å². The lowest BCUT2D eigenvalue weighted by Gasteiger charge is -2.22. The molecule has 1 unspecified atom stereocenters. The number of nitriles is 1. The van der Waals surface area contributed by atoms with Gasteiger partial charge in [-0.15, -0.1) is 0 Å². The molecule has 1 aliphatic rings. The average molecular weight is 190 g/mol. The van der Waals surface area contributed by atoms with E-state index in [-0.39, 0.29) is 6.10 Å². The highest BCUT2D eigenvalue weighted by atomic mass is 16.6. The van der Waals surface area contributed by atoms with Crippen LogP contribution in [0.2, 0.25) is 0 Å². The lowest BCUT2D eigenvalue weighted by Crippen LogP contribution is -2.22. The Bertz CT molecular complexity index is 353. The summed E-state index contributed by atoms with van der Waals surface area (Å²) in [5.41, 5.74) is 1.37. The standard InChI is InChI=1S/C10H10N2O2/c11-6-8-1-2-12-9(5-8)10-7-13-3-4-14-10/h1-2,5,10H,3-4,7H2. The number of rotatable bonds is 1. The molecule has 2 heterocycles. The highest BCUT2D eigenvalue weighted by Gasteiger charge is 2.17. The average Bonchev–Trinajstić information content (AvgIpc) is 2.30. The summed E-state index contributed by atoms with van der Waals surface area (Å²) < 4.78 is 10.7. The van der Waals surface area contributed by atoms with Crippen LogP contribution in [0.4, 0.5) is 0 Å². The molecule has 1 saturated heterocycles. The summed E-state index contributed by atoms with van der Waals surface area (Å²) in [6.45, 7) is 1.74. The lowest BCUT2D eigenvalue weighted by atomic mass is 10.2. The second-order valence-corrected chi connectivity index (χ2v) is 3.02. The van der Waals surface area contributed by atoms with Gasteiger partial charge in [-0.3, -0.25) is 4.98 Å². The van der Waals surface area contributed by atoms with Gasteiger partial charge in [0.2, 0.25) is 0 Å². The van der Waals surface area contributed by atoms with Crippen molar-refractivity contribution in [1.82, 2.24) is 4.98 Å². The summed E-state index contributed by atoms with van der Waals surface area (Å²) in [5.74, 6) is 0. The predicted octanol–water partition coefficient (Wildman–Crippen LogP) is 1.04. The first-order valence-electron chi connectivity index (χ1n) is 4.45. The Kier molecular flexibility index (Phi) is 2.73. The maximum atomic E-state index is 8.71. The zero-order chi connectivity index (χ0) is 9.80. The molecular weight excluding hydrogens is 180 g/mol. The first-order chi connectivity index (χ1) is 6.90. The molecule has 1 aromatic rings. The molecule has 72 valence electrons. The molecule has 1 atom stereocenters. The molecule has 2 rings (SSSR count). The molecule has 14 heavy (non-hydrogen) atoms. The van der Waals surface area contributed by atoms with E-state index in [1.807, 2.05) is 0 Å². The highest BCUT2D eigenvalue weighted by Crippen LogP contribution is 2.18. The fourth-order valence-electron chi connectivity index (χ4n) is 1.35. The maximum absolute atomic E-state index is 8.71. The van der Waals surface area contributed by atoms with Gasteiger partial charge in [0.15, 0.2) is 0 Å². The quantitative estimate of drug-likeness (QED) is 0.664. The van der Waals surface area contributed by atoms with Crippen molar-refractivity contribution in [2.24, 2.45) is 0 Å². The van der Waals surface area contributed by atoms with E-state index in [1.165, 1.54) is 0 Å². The van der Waals surface area contributed by atoms with Crippen LogP contribution < -0.4 is 0 Å². The Morgan fingerprint density at radius 3 is 3.14 bits per heavy atom. The van der Waals surface area contributed by atoms with Crippen molar-refractivity contribution >= 4 is 0 Å². The van der Waals surface area contributed by atoms with E-state index in [0.29, 0.717) is 25.4 Å². The molecule has 0 bridgehead atoms. The molecule has 0 radical (unpaired) electrons. The molecule has 1 fully saturated rings. The molecule has 1 aromatic heterocycles. The van der Waals surface area contributed by atoms with Crippen molar-refractivity contribution in [3.05, 3.63) is 29.6 Å². The van der Waals surface area contributed by atoms with Gasteiger partial charge in [-0.1, -0.05) is 0 Å². The Morgan fingerprint density at radius 1 is 1.50 bits per heavy atom. The topological polar surface area (TPSA) is 55.1 Å². The Morgan fingerprint density at radius 2 is 2.43 bits per heavy atom. The van der Waals surface area contributed by atoms with E-state index < -0.39 is 0 Å². The van der Waals surface area contributed by atoms with E-state index in [0.717, 1.165) is 5.69 Å². The van der Waals surface area contributed by atoms with Crippen molar-refractivity contribution in [3.8, 4) is 6.07 Å². The van der Waals surface area contributed by atoms with Crippen molar-refractivity contribution in [2.45, 2.75) is 6.10 Å². The minimum atomic E-state index is -0.128. The number of ether oxygens (including phenoxy) is 2. The summed E-state index contributed by atoms with van der Waals surface area (Å²) in [5, 5.41) is 8.71. The zero-order valence-electron chi connectivity index (χ0n) is 7.64. The van der Waals surface area contributed by atoms with E-state index in [9.17, 15) is 0 Å². The fraction of sp³-hybridized carbons (Fsp3) is 0.400. The third-order valence-corrected chi connectivity index (χ3v) is 2.06. The van der Waals surface area contributed by atoms with Gasteiger partial charge in [0, 0.05) is 6.20 Å². The Labute approximate surface area is 82.1 Å². The summed E-state index contributed by atoms with van der Waals surface area (Å²) in [6.07, 6.45) is 1.49. The third kappa shape index (κ3) is 1.90. The smallest absolute Gasteiger partial charge is 0.123 e. The normalized spacial score (nSPS) is 21.5. The molecule has 0 spiro atoms. The van der Waals surface area contributed by atoms with Crippen molar-refractivity contribution in [2.75, 3.05) is 19.8 Å². The monoisotopic (exact) mass is 190 g/mol. The van der Waals surface area contributed by atoms with E-state index >= 15 is 0 Å². The van der Waals surface area contributed by atoms with E-state index in [2.05, 4.69) is 11.1 Å². The molecule has 4 heteroatoms. The zero-order valence-corrected chi connectivity index (χ0v) is 7.64. The minimum absolute atomic E-state index is 0.128. The molecule has 0 amide bonds. The Balaban J connectivity index is 2.18. The molecule has 0 aliphatic carbocycles. The van der Waals surface area contributed by atoms with Crippen LogP contribution in [-0.4, -0.2) is 24.8 Å². The van der Waals surface area contributed by atoms with Crippen LogP contribution in [0, 0.1) is 11.3 Å². The SMILES string of the molecule is N#Cc1ccnc(C2COCCO2)c1. The number of pyridine rings is 1. The predicted molar refractivity (Wildman–Crippen MR) is 48.5 cm³/mol. The van der Waals surface area contributed by atoms with Crippen LogP contribution in [0.25, 0.3) is 0 Å². The van der Waals surface area contributed by atoms with Crippen LogP contribution in [0.3, 0.4) is 0 Å². The van der Waals surface area contributed by atoms with Gasteiger partial charge in [0.25, 0.3) is 0 Å². The summed E-state index contributed by atoms with van der Waals surface area (Å²) >= 11 is 0. The van der Waals surface area contributed by atoms with Crippen molar-refractivity contribution in [1.29, 1.82) is 5.26 Å². The van der Waals surface area contributed by atoms with Gasteiger partial charge in [0.1, 0.15) is 6.10 Å². The first-order valence-corrected chi connectivity index (χ1v) is 4.45. The van der Waals surface area contributed by atoms with Crippen molar-refractivity contribution < 1.29 is 9.47 Å². The lowest BCUT2D eigenvalue weighted by molar-refractivity contribution is -0.0917. The number of hydrogen-bond acceptors (Lipinski definition) is 4. The largest absolute Gasteiger partial charge is 0.376 e. The van der Waals surface area contributed by atoms with Crippen LogP contribution in [0.1, 0.15) is 17.4 Å². The summed E-state index contributed by atoms with van der Waals surface area (Å²) in [7, 11) is 0. The van der Waals surface area contributed by atoms with Crippen LogP contribution in [0.15, 0.2) is 18.3 Å². The second kappa shape index (κ2) is 4.18. The first kappa shape index (κ1) is 9.13. The third-order valence-electron chi connectivity index (χ3n) is 2.06. The molecule has 0 aromatic carbocycles. The summed E-state index contributed by atoms with van der Waals surface area (Å²) in [4.78, 5) is 4.15. The molecule has 0 saturated carbocycles. The number of hydrogen-bond donors (Lipinski definition) is 0. The van der Waals surface area contributed by atoms with E-state index in [1.54, 1.807) is 18.3 Å². The molecule has 4 nitrogen and oxygen atoms in total. The molecular formula is C10H10N2O2. The maximum Gasteiger partial charge on any atom is 0.123 e. The van der Waals surface area contributed by atoms with Gasteiger partial charge in [-0.05, 0) is 12.1 Å². The van der Waals surface area contributed by atoms with Gasteiger partial charge in [-0.2, -0.15) is 5.26 Å². The van der Waals surface area contributed by atoms with Crippen LogP contribution in [-0.2, 0) is 9.47 Å². The molecule has 0 N–H and O–H groups in total. The van der Waals surface area contributed by atoms with Crippen LogP contribution in [0.5, 0.6) is 0 Å². The van der Waals surface area contributed by atoms with E-state index in [4.69, 9.17) is 14.7 Å². The number of aromatic nitrogens is 1.